The second-order valence-corrected chi connectivity index (χ2v) is 5.85. The number of halogens is 2. The van der Waals surface area contributed by atoms with E-state index in [0.717, 1.165) is 11.1 Å². The van der Waals surface area contributed by atoms with Crippen LogP contribution in [-0.2, 0) is 0 Å². The summed E-state index contributed by atoms with van der Waals surface area (Å²) in [7, 11) is 0. The molecule has 1 N–H and O–H groups in total. The molecule has 0 saturated carbocycles. The van der Waals surface area contributed by atoms with Gasteiger partial charge >= 0.3 is 0 Å². The van der Waals surface area contributed by atoms with E-state index in [4.69, 9.17) is 0 Å². The highest BCUT2D eigenvalue weighted by Gasteiger charge is 2.16. The minimum atomic E-state index is -0.913. The summed E-state index contributed by atoms with van der Waals surface area (Å²) in [5.74, 6) is -0.429. The van der Waals surface area contributed by atoms with Crippen molar-refractivity contribution >= 4 is 11.8 Å². The smallest absolute Gasteiger partial charge is 0.129 e. The van der Waals surface area contributed by atoms with Gasteiger partial charge in [0, 0.05) is 16.2 Å². The Kier molecular flexibility index (Phi) is 4.78. The van der Waals surface area contributed by atoms with Crippen LogP contribution in [0.15, 0.2) is 41.3 Å². The zero-order valence-corrected chi connectivity index (χ0v) is 12.2. The Balaban J connectivity index is 2.11. The van der Waals surface area contributed by atoms with Gasteiger partial charge in [0.15, 0.2) is 0 Å². The zero-order valence-electron chi connectivity index (χ0n) is 11.4. The topological polar surface area (TPSA) is 20.2 Å². The molecule has 0 radical (unpaired) electrons. The van der Waals surface area contributed by atoms with Gasteiger partial charge in [-0.25, -0.2) is 8.78 Å². The molecule has 4 heteroatoms. The second-order valence-electron chi connectivity index (χ2n) is 4.76. The molecule has 0 aliphatic carbocycles. The summed E-state index contributed by atoms with van der Waals surface area (Å²) in [4.78, 5) is 0.717. The predicted molar refractivity (Wildman–Crippen MR) is 78.0 cm³/mol. The number of rotatable bonds is 4. The lowest BCUT2D eigenvalue weighted by atomic mass is 10.0. The molecular weight excluding hydrogens is 278 g/mol. The molecule has 0 spiro atoms. The Hall–Kier alpha value is -1.39. The molecule has 106 valence electrons. The first-order valence-electron chi connectivity index (χ1n) is 6.30. The summed E-state index contributed by atoms with van der Waals surface area (Å²) in [5, 5.41) is 10.1. The first-order chi connectivity index (χ1) is 9.47. The summed E-state index contributed by atoms with van der Waals surface area (Å²) in [5.41, 5.74) is 1.88. The SMILES string of the molecule is Cc1cc(C)c(C(O)CSc2cccc(F)c2)c(F)c1. The highest BCUT2D eigenvalue weighted by Crippen LogP contribution is 2.29. The van der Waals surface area contributed by atoms with E-state index in [-0.39, 0.29) is 11.6 Å². The number of thioether (sulfide) groups is 1. The third-order valence-electron chi connectivity index (χ3n) is 3.02. The van der Waals surface area contributed by atoms with Crippen molar-refractivity contribution in [2.24, 2.45) is 0 Å². The molecule has 20 heavy (non-hydrogen) atoms. The van der Waals surface area contributed by atoms with E-state index in [0.29, 0.717) is 10.5 Å². The third kappa shape index (κ3) is 3.58. The number of aliphatic hydroxyl groups is 1. The molecule has 2 aromatic rings. The van der Waals surface area contributed by atoms with Gasteiger partial charge in [0.05, 0.1) is 6.10 Å². The molecule has 0 amide bonds. The zero-order chi connectivity index (χ0) is 14.7. The van der Waals surface area contributed by atoms with Crippen molar-refractivity contribution < 1.29 is 13.9 Å². The van der Waals surface area contributed by atoms with Crippen molar-refractivity contribution in [1.29, 1.82) is 0 Å². The van der Waals surface area contributed by atoms with Crippen LogP contribution in [0, 0.1) is 25.5 Å². The maximum absolute atomic E-state index is 13.9. The Morgan fingerprint density at radius 1 is 1.15 bits per heavy atom. The Bertz CT molecular complexity index is 590. The number of benzene rings is 2. The second kappa shape index (κ2) is 6.37. The van der Waals surface area contributed by atoms with Crippen LogP contribution in [0.4, 0.5) is 8.78 Å². The summed E-state index contributed by atoms with van der Waals surface area (Å²) in [6, 6.07) is 9.40. The van der Waals surface area contributed by atoms with Crippen LogP contribution in [0.3, 0.4) is 0 Å². The number of aliphatic hydroxyl groups excluding tert-OH is 1. The van der Waals surface area contributed by atoms with Crippen molar-refractivity contribution in [3.63, 3.8) is 0 Å². The highest BCUT2D eigenvalue weighted by atomic mass is 32.2. The number of hydrogen-bond donors (Lipinski definition) is 1. The van der Waals surface area contributed by atoms with Crippen molar-refractivity contribution in [3.05, 3.63) is 64.7 Å². The fraction of sp³-hybridized carbons (Fsp3) is 0.250. The molecule has 0 heterocycles. The van der Waals surface area contributed by atoms with Crippen LogP contribution >= 0.6 is 11.8 Å². The summed E-state index contributed by atoms with van der Waals surface area (Å²) in [6.45, 7) is 3.59. The average Bonchev–Trinajstić information content (AvgIpc) is 2.35. The Morgan fingerprint density at radius 2 is 1.90 bits per heavy atom. The van der Waals surface area contributed by atoms with Crippen LogP contribution in [0.5, 0.6) is 0 Å². The minimum Gasteiger partial charge on any atom is -0.387 e. The van der Waals surface area contributed by atoms with E-state index in [1.807, 2.05) is 13.0 Å². The predicted octanol–water partition coefficient (Wildman–Crippen LogP) is 4.41. The van der Waals surface area contributed by atoms with Gasteiger partial charge in [-0.1, -0.05) is 12.1 Å². The molecule has 2 aromatic carbocycles. The first-order valence-corrected chi connectivity index (χ1v) is 7.29. The molecule has 0 fully saturated rings. The molecule has 0 saturated heterocycles. The maximum atomic E-state index is 13.9. The fourth-order valence-electron chi connectivity index (χ4n) is 2.16. The standard InChI is InChI=1S/C16H16F2OS/c1-10-6-11(2)16(14(18)7-10)15(19)9-20-13-5-3-4-12(17)8-13/h3-8,15,19H,9H2,1-2H3. The molecule has 2 rings (SSSR count). The van der Waals surface area contributed by atoms with Gasteiger partial charge in [0.2, 0.25) is 0 Å². The van der Waals surface area contributed by atoms with E-state index in [2.05, 4.69) is 0 Å². The molecular formula is C16H16F2OS. The largest absolute Gasteiger partial charge is 0.387 e. The van der Waals surface area contributed by atoms with Crippen LogP contribution in [0.25, 0.3) is 0 Å². The Labute approximate surface area is 121 Å². The van der Waals surface area contributed by atoms with E-state index >= 15 is 0 Å². The molecule has 1 nitrogen and oxygen atoms in total. The van der Waals surface area contributed by atoms with Gasteiger partial charge in [-0.15, -0.1) is 11.8 Å². The van der Waals surface area contributed by atoms with E-state index in [1.165, 1.54) is 30.0 Å². The lowest BCUT2D eigenvalue weighted by Gasteiger charge is -2.15. The molecule has 1 unspecified atom stereocenters. The van der Waals surface area contributed by atoms with Gasteiger partial charge in [0.25, 0.3) is 0 Å². The number of aryl methyl sites for hydroxylation is 2. The summed E-state index contributed by atoms with van der Waals surface area (Å²) in [6.07, 6.45) is -0.913. The summed E-state index contributed by atoms with van der Waals surface area (Å²) >= 11 is 1.30. The molecule has 0 bridgehead atoms. The van der Waals surface area contributed by atoms with Gasteiger partial charge in [-0.2, -0.15) is 0 Å². The van der Waals surface area contributed by atoms with Crippen molar-refractivity contribution in [1.82, 2.24) is 0 Å². The van der Waals surface area contributed by atoms with Crippen LogP contribution in [-0.4, -0.2) is 10.9 Å². The summed E-state index contributed by atoms with van der Waals surface area (Å²) < 4.78 is 27.0. The monoisotopic (exact) mass is 294 g/mol. The van der Waals surface area contributed by atoms with Crippen molar-refractivity contribution in [3.8, 4) is 0 Å². The van der Waals surface area contributed by atoms with E-state index in [9.17, 15) is 13.9 Å². The number of hydrogen-bond acceptors (Lipinski definition) is 2. The lowest BCUT2D eigenvalue weighted by Crippen LogP contribution is -2.06. The van der Waals surface area contributed by atoms with Crippen LogP contribution in [0.2, 0.25) is 0 Å². The van der Waals surface area contributed by atoms with E-state index in [1.54, 1.807) is 19.1 Å². The van der Waals surface area contributed by atoms with Crippen molar-refractivity contribution in [2.45, 2.75) is 24.8 Å². The average molecular weight is 294 g/mol. The van der Waals surface area contributed by atoms with Gasteiger partial charge in [0.1, 0.15) is 11.6 Å². The van der Waals surface area contributed by atoms with Crippen LogP contribution in [0.1, 0.15) is 22.8 Å². The maximum Gasteiger partial charge on any atom is 0.129 e. The van der Waals surface area contributed by atoms with Crippen LogP contribution < -0.4 is 0 Å². The molecule has 0 aromatic heterocycles. The van der Waals surface area contributed by atoms with Gasteiger partial charge < -0.3 is 5.11 Å². The quantitative estimate of drug-likeness (QED) is 0.843. The van der Waals surface area contributed by atoms with E-state index < -0.39 is 11.9 Å². The van der Waals surface area contributed by atoms with Crippen molar-refractivity contribution in [2.75, 3.05) is 5.75 Å². The van der Waals surface area contributed by atoms with Gasteiger partial charge in [-0.05, 0) is 49.2 Å². The minimum absolute atomic E-state index is 0.282. The normalized spacial score (nSPS) is 12.4. The fourth-order valence-corrected chi connectivity index (χ4v) is 3.05. The van der Waals surface area contributed by atoms with Gasteiger partial charge in [-0.3, -0.25) is 0 Å². The first kappa shape index (κ1) is 15.0. The lowest BCUT2D eigenvalue weighted by molar-refractivity contribution is 0.198. The Morgan fingerprint density at radius 3 is 2.55 bits per heavy atom. The highest BCUT2D eigenvalue weighted by molar-refractivity contribution is 7.99. The molecule has 1 atom stereocenters. The molecule has 0 aliphatic rings. The molecule has 0 aliphatic heterocycles. The third-order valence-corrected chi connectivity index (χ3v) is 4.09.